The molecule has 0 amide bonds. The van der Waals surface area contributed by atoms with Gasteiger partial charge in [0.05, 0.1) is 0 Å². The van der Waals surface area contributed by atoms with Gasteiger partial charge in [0, 0.05) is 12.1 Å². The van der Waals surface area contributed by atoms with Crippen LogP contribution in [0.3, 0.4) is 0 Å². The van der Waals surface area contributed by atoms with E-state index in [2.05, 4.69) is 5.14 Å². The Hall–Kier alpha value is -1.05. The summed E-state index contributed by atoms with van der Waals surface area (Å²) >= 11 is 0. The molecular formula is C9H12F2N2O2S. The fraction of sp³-hybridized carbons (Fsp3) is 0.333. The number of halogens is 2. The summed E-state index contributed by atoms with van der Waals surface area (Å²) < 4.78 is 50.2. The molecule has 0 saturated heterocycles. The van der Waals surface area contributed by atoms with Crippen LogP contribution in [0.4, 0.5) is 8.78 Å². The minimum Gasteiger partial charge on any atom is -0.237 e. The highest BCUT2D eigenvalue weighted by Gasteiger charge is 2.29. The van der Waals surface area contributed by atoms with Crippen molar-refractivity contribution in [1.29, 1.82) is 0 Å². The van der Waals surface area contributed by atoms with Crippen molar-refractivity contribution < 1.29 is 17.2 Å². The molecule has 0 radical (unpaired) electrons. The normalized spacial score (nSPS) is 15.8. The molecule has 16 heavy (non-hydrogen) atoms. The number of nitrogens with two attached hydrogens (primary N) is 1. The molecule has 0 aliphatic rings. The third kappa shape index (κ3) is 3.51. The second kappa shape index (κ2) is 4.44. The van der Waals surface area contributed by atoms with E-state index in [4.69, 9.17) is 0 Å². The Bertz CT molecular complexity index is 474. The van der Waals surface area contributed by atoms with Gasteiger partial charge in [-0.15, -0.1) is 0 Å². The molecule has 1 aromatic rings. The van der Waals surface area contributed by atoms with E-state index < -0.39 is 28.2 Å². The summed E-state index contributed by atoms with van der Waals surface area (Å²) in [7, 11) is -3.99. The van der Waals surface area contributed by atoms with Crippen molar-refractivity contribution in [2.24, 2.45) is 5.14 Å². The summed E-state index contributed by atoms with van der Waals surface area (Å²) in [5, 5.41) is 4.66. The van der Waals surface area contributed by atoms with Gasteiger partial charge in [0.1, 0.15) is 11.5 Å². The maximum atomic E-state index is 14.0. The smallest absolute Gasteiger partial charge is 0.237 e. The van der Waals surface area contributed by atoms with Gasteiger partial charge in [-0.3, -0.25) is 0 Å². The zero-order valence-electron chi connectivity index (χ0n) is 8.57. The first-order valence-electron chi connectivity index (χ1n) is 4.44. The van der Waals surface area contributed by atoms with Crippen LogP contribution in [0.5, 0.6) is 0 Å². The van der Waals surface area contributed by atoms with Crippen LogP contribution >= 0.6 is 0 Å². The van der Waals surface area contributed by atoms with Crippen LogP contribution < -0.4 is 9.86 Å². The number of nitrogens with one attached hydrogen (secondary N) is 1. The molecule has 4 nitrogen and oxygen atoms in total. The Labute approximate surface area is 92.6 Å². The number of rotatable bonds is 4. The third-order valence-electron chi connectivity index (χ3n) is 2.04. The number of benzene rings is 1. The Morgan fingerprint density at radius 2 is 2.00 bits per heavy atom. The zero-order chi connectivity index (χ0) is 12.4. The fourth-order valence-corrected chi connectivity index (χ4v) is 1.69. The van der Waals surface area contributed by atoms with Crippen LogP contribution in [-0.2, 0) is 15.9 Å². The highest BCUT2D eigenvalue weighted by molar-refractivity contribution is 7.87. The molecule has 3 N–H and O–H groups in total. The molecule has 90 valence electrons. The van der Waals surface area contributed by atoms with Crippen molar-refractivity contribution in [3.63, 3.8) is 0 Å². The third-order valence-corrected chi connectivity index (χ3v) is 2.59. The molecular weight excluding hydrogens is 238 g/mol. The van der Waals surface area contributed by atoms with Gasteiger partial charge in [0.2, 0.25) is 0 Å². The highest BCUT2D eigenvalue weighted by atomic mass is 32.2. The number of alkyl halides is 1. The van der Waals surface area contributed by atoms with E-state index in [0.717, 1.165) is 13.0 Å². The summed E-state index contributed by atoms with van der Waals surface area (Å²) in [5.41, 5.74) is -2.37. The van der Waals surface area contributed by atoms with Gasteiger partial charge in [-0.05, 0) is 13.0 Å². The predicted octanol–water partition coefficient (Wildman–Crippen LogP) is 0.804. The number of hydrogen-bond donors (Lipinski definition) is 2. The molecule has 0 saturated carbocycles. The largest absolute Gasteiger partial charge is 0.274 e. The van der Waals surface area contributed by atoms with Crippen LogP contribution in [-0.4, -0.2) is 15.0 Å². The molecule has 1 rings (SSSR count). The summed E-state index contributed by atoms with van der Waals surface area (Å²) in [6.45, 7) is 0.455. The molecule has 1 aromatic carbocycles. The lowest BCUT2D eigenvalue weighted by atomic mass is 9.98. The lowest BCUT2D eigenvalue weighted by Crippen LogP contribution is -2.39. The Balaban J connectivity index is 2.90. The van der Waals surface area contributed by atoms with E-state index in [-0.39, 0.29) is 5.56 Å². The van der Waals surface area contributed by atoms with Gasteiger partial charge in [-0.2, -0.15) is 13.1 Å². The van der Waals surface area contributed by atoms with E-state index in [1.165, 1.54) is 18.2 Å². The van der Waals surface area contributed by atoms with Gasteiger partial charge < -0.3 is 0 Å². The van der Waals surface area contributed by atoms with Crippen LogP contribution in [0.1, 0.15) is 12.5 Å². The van der Waals surface area contributed by atoms with Gasteiger partial charge >= 0.3 is 0 Å². The van der Waals surface area contributed by atoms with Crippen molar-refractivity contribution >= 4 is 10.2 Å². The second-order valence-corrected chi connectivity index (χ2v) is 4.92. The maximum Gasteiger partial charge on any atom is 0.274 e. The average Bonchev–Trinajstić information content (AvgIpc) is 2.14. The standard InChI is InChI=1S/C9H12F2N2O2S/c1-9(11,6-13-16(12,14)15)7-4-2-3-5-8(7)10/h2-5,13H,6H2,1H3,(H2,12,14,15). The second-order valence-electron chi connectivity index (χ2n) is 3.54. The van der Waals surface area contributed by atoms with Crippen molar-refractivity contribution in [2.45, 2.75) is 12.6 Å². The van der Waals surface area contributed by atoms with E-state index in [1.54, 1.807) is 4.72 Å². The minimum absolute atomic E-state index is 0.217. The summed E-state index contributed by atoms with van der Waals surface area (Å²) in [6, 6.07) is 5.24. The van der Waals surface area contributed by atoms with E-state index in [1.807, 2.05) is 0 Å². The molecule has 0 bridgehead atoms. The topological polar surface area (TPSA) is 72.2 Å². The molecule has 0 spiro atoms. The maximum absolute atomic E-state index is 14.0. The molecule has 1 atom stereocenters. The molecule has 0 aromatic heterocycles. The predicted molar refractivity (Wildman–Crippen MR) is 56.0 cm³/mol. The van der Waals surface area contributed by atoms with E-state index in [0.29, 0.717) is 0 Å². The Kier molecular flexibility index (Phi) is 3.61. The number of hydrogen-bond acceptors (Lipinski definition) is 2. The zero-order valence-corrected chi connectivity index (χ0v) is 9.39. The van der Waals surface area contributed by atoms with Crippen LogP contribution in [0.15, 0.2) is 24.3 Å². The monoisotopic (exact) mass is 250 g/mol. The molecule has 0 fully saturated rings. The quantitative estimate of drug-likeness (QED) is 0.829. The van der Waals surface area contributed by atoms with Gasteiger partial charge in [0.15, 0.2) is 0 Å². The SMILES string of the molecule is CC(F)(CNS(N)(=O)=O)c1ccccc1F. The van der Waals surface area contributed by atoms with Gasteiger partial charge in [0.25, 0.3) is 10.2 Å². The summed E-state index contributed by atoms with van der Waals surface area (Å²) in [4.78, 5) is 0. The lowest BCUT2D eigenvalue weighted by molar-refractivity contribution is 0.190. The van der Waals surface area contributed by atoms with Crippen LogP contribution in [0, 0.1) is 5.82 Å². The summed E-state index contributed by atoms with van der Waals surface area (Å²) in [5.74, 6) is -0.733. The first-order chi connectivity index (χ1) is 7.22. The highest BCUT2D eigenvalue weighted by Crippen LogP contribution is 2.26. The van der Waals surface area contributed by atoms with Gasteiger partial charge in [-0.1, -0.05) is 18.2 Å². The van der Waals surface area contributed by atoms with E-state index in [9.17, 15) is 17.2 Å². The van der Waals surface area contributed by atoms with E-state index >= 15 is 0 Å². The molecule has 0 aliphatic carbocycles. The fourth-order valence-electron chi connectivity index (χ4n) is 1.22. The Morgan fingerprint density at radius 1 is 1.44 bits per heavy atom. The van der Waals surface area contributed by atoms with Crippen LogP contribution in [0.25, 0.3) is 0 Å². The minimum atomic E-state index is -3.99. The molecule has 0 aliphatic heterocycles. The molecule has 1 unspecified atom stereocenters. The first-order valence-corrected chi connectivity index (χ1v) is 5.98. The Morgan fingerprint density at radius 3 is 2.50 bits per heavy atom. The molecule has 7 heteroatoms. The molecule has 0 heterocycles. The first kappa shape index (κ1) is 13.0. The van der Waals surface area contributed by atoms with Crippen molar-refractivity contribution in [1.82, 2.24) is 4.72 Å². The van der Waals surface area contributed by atoms with Crippen molar-refractivity contribution in [3.8, 4) is 0 Å². The van der Waals surface area contributed by atoms with Crippen molar-refractivity contribution in [2.75, 3.05) is 6.54 Å². The lowest BCUT2D eigenvalue weighted by Gasteiger charge is -2.21. The van der Waals surface area contributed by atoms with Crippen LogP contribution in [0.2, 0.25) is 0 Å². The van der Waals surface area contributed by atoms with Crippen molar-refractivity contribution in [3.05, 3.63) is 35.6 Å². The van der Waals surface area contributed by atoms with Gasteiger partial charge in [-0.25, -0.2) is 13.9 Å². The average molecular weight is 250 g/mol. The summed E-state index contributed by atoms with van der Waals surface area (Å²) in [6.07, 6.45) is 0.